The zero-order valence-electron chi connectivity index (χ0n) is 13.8. The van der Waals surface area contributed by atoms with Crippen molar-refractivity contribution in [3.05, 3.63) is 0 Å². The first-order chi connectivity index (χ1) is 9.25. The Morgan fingerprint density at radius 1 is 1.40 bits per heavy atom. The molecule has 118 valence electrons. The Hall–Kier alpha value is -0.610. The standard InChI is InChI=1S/C16H32N2O2/c1-6-8-10-20-13-11-12(15(13,3)4)18-14(19)16(5,17)9-7-2/h12-13H,6-11,17H2,1-5H3,(H,18,19). The van der Waals surface area contributed by atoms with E-state index < -0.39 is 5.54 Å². The summed E-state index contributed by atoms with van der Waals surface area (Å²) < 4.78 is 5.90. The maximum absolute atomic E-state index is 12.2. The van der Waals surface area contributed by atoms with E-state index in [1.54, 1.807) is 0 Å². The number of amides is 1. The van der Waals surface area contributed by atoms with Crippen LogP contribution in [0, 0.1) is 5.41 Å². The van der Waals surface area contributed by atoms with Crippen LogP contribution in [-0.4, -0.2) is 30.2 Å². The van der Waals surface area contributed by atoms with E-state index in [0.717, 1.165) is 32.3 Å². The summed E-state index contributed by atoms with van der Waals surface area (Å²) in [6, 6.07) is 0.168. The molecule has 20 heavy (non-hydrogen) atoms. The van der Waals surface area contributed by atoms with E-state index in [4.69, 9.17) is 10.5 Å². The van der Waals surface area contributed by atoms with Gasteiger partial charge in [0, 0.05) is 18.1 Å². The SMILES string of the molecule is CCCCOC1CC(NC(=O)C(C)(N)CCC)C1(C)C. The Kier molecular flexibility index (Phi) is 6.02. The number of carbonyl (C=O) groups excluding carboxylic acids is 1. The van der Waals surface area contributed by atoms with E-state index in [9.17, 15) is 4.79 Å². The molecule has 0 radical (unpaired) electrons. The molecular weight excluding hydrogens is 252 g/mol. The van der Waals surface area contributed by atoms with Crippen molar-refractivity contribution in [3.8, 4) is 0 Å². The van der Waals surface area contributed by atoms with Crippen molar-refractivity contribution in [1.82, 2.24) is 5.32 Å². The van der Waals surface area contributed by atoms with Crippen LogP contribution in [0.3, 0.4) is 0 Å². The molecule has 1 amide bonds. The smallest absolute Gasteiger partial charge is 0.240 e. The molecule has 0 heterocycles. The molecule has 1 saturated carbocycles. The first-order valence-electron chi connectivity index (χ1n) is 7.97. The second-order valence-electron chi connectivity index (χ2n) is 6.96. The van der Waals surface area contributed by atoms with Gasteiger partial charge in [-0.2, -0.15) is 0 Å². The molecule has 0 saturated heterocycles. The monoisotopic (exact) mass is 284 g/mol. The third-order valence-corrected chi connectivity index (χ3v) is 4.59. The van der Waals surface area contributed by atoms with Crippen LogP contribution < -0.4 is 11.1 Å². The van der Waals surface area contributed by atoms with Crippen LogP contribution in [0.15, 0.2) is 0 Å². The summed E-state index contributed by atoms with van der Waals surface area (Å²) in [5, 5.41) is 3.11. The highest BCUT2D eigenvalue weighted by Gasteiger charge is 2.50. The summed E-state index contributed by atoms with van der Waals surface area (Å²) in [6.07, 6.45) is 5.01. The van der Waals surface area contributed by atoms with E-state index in [1.165, 1.54) is 0 Å². The van der Waals surface area contributed by atoms with Crippen LogP contribution in [0.25, 0.3) is 0 Å². The minimum absolute atomic E-state index is 0.00824. The van der Waals surface area contributed by atoms with Gasteiger partial charge in [-0.25, -0.2) is 0 Å². The number of nitrogens with two attached hydrogens (primary N) is 1. The fourth-order valence-corrected chi connectivity index (χ4v) is 2.74. The van der Waals surface area contributed by atoms with Gasteiger partial charge < -0.3 is 15.8 Å². The minimum Gasteiger partial charge on any atom is -0.378 e. The van der Waals surface area contributed by atoms with Crippen molar-refractivity contribution in [1.29, 1.82) is 0 Å². The van der Waals surface area contributed by atoms with Crippen molar-refractivity contribution >= 4 is 5.91 Å². The average Bonchev–Trinajstić information content (AvgIpc) is 2.36. The van der Waals surface area contributed by atoms with Gasteiger partial charge in [0.05, 0.1) is 11.6 Å². The normalized spacial score (nSPS) is 27.5. The van der Waals surface area contributed by atoms with Crippen molar-refractivity contribution in [2.24, 2.45) is 11.1 Å². The van der Waals surface area contributed by atoms with Crippen LogP contribution in [0.2, 0.25) is 0 Å². The largest absolute Gasteiger partial charge is 0.378 e. The van der Waals surface area contributed by atoms with Gasteiger partial charge in [0.25, 0.3) is 0 Å². The number of nitrogens with one attached hydrogen (secondary N) is 1. The van der Waals surface area contributed by atoms with E-state index in [-0.39, 0.29) is 23.5 Å². The highest BCUT2D eigenvalue weighted by Crippen LogP contribution is 2.43. The molecule has 1 aliphatic rings. The van der Waals surface area contributed by atoms with Crippen molar-refractivity contribution in [2.75, 3.05) is 6.61 Å². The van der Waals surface area contributed by atoms with Gasteiger partial charge in [-0.3, -0.25) is 4.79 Å². The lowest BCUT2D eigenvalue weighted by molar-refractivity contribution is -0.141. The van der Waals surface area contributed by atoms with Crippen molar-refractivity contribution in [2.45, 2.75) is 84.4 Å². The summed E-state index contributed by atoms with van der Waals surface area (Å²) in [7, 11) is 0. The second-order valence-corrected chi connectivity index (χ2v) is 6.96. The fourth-order valence-electron chi connectivity index (χ4n) is 2.74. The molecule has 1 fully saturated rings. The fraction of sp³-hybridized carbons (Fsp3) is 0.938. The molecule has 0 aromatic rings. The third kappa shape index (κ3) is 3.95. The van der Waals surface area contributed by atoms with Gasteiger partial charge in [0.1, 0.15) is 0 Å². The van der Waals surface area contributed by atoms with Crippen LogP contribution in [0.5, 0.6) is 0 Å². The molecule has 0 aliphatic heterocycles. The Morgan fingerprint density at radius 3 is 2.55 bits per heavy atom. The summed E-state index contributed by atoms with van der Waals surface area (Å²) in [4.78, 5) is 12.2. The molecule has 0 bridgehead atoms. The molecule has 0 aromatic heterocycles. The molecule has 3 unspecified atom stereocenters. The summed E-state index contributed by atoms with van der Waals surface area (Å²) in [6.45, 7) is 11.2. The molecule has 3 atom stereocenters. The predicted octanol–water partition coefficient (Wildman–Crippen LogP) is 2.60. The number of ether oxygens (including phenoxy) is 1. The molecule has 1 rings (SSSR count). The number of unbranched alkanes of at least 4 members (excludes halogenated alkanes) is 1. The van der Waals surface area contributed by atoms with Gasteiger partial charge in [0.15, 0.2) is 0 Å². The number of carbonyl (C=O) groups is 1. The highest BCUT2D eigenvalue weighted by molar-refractivity contribution is 5.86. The first-order valence-corrected chi connectivity index (χ1v) is 7.97. The van der Waals surface area contributed by atoms with E-state index >= 15 is 0 Å². The lowest BCUT2D eigenvalue weighted by Crippen LogP contribution is -2.65. The average molecular weight is 284 g/mol. The third-order valence-electron chi connectivity index (χ3n) is 4.59. The van der Waals surface area contributed by atoms with Crippen LogP contribution in [0.4, 0.5) is 0 Å². The van der Waals surface area contributed by atoms with Gasteiger partial charge in [-0.05, 0) is 26.2 Å². The summed E-state index contributed by atoms with van der Waals surface area (Å²) in [5.74, 6) is -0.0376. The summed E-state index contributed by atoms with van der Waals surface area (Å²) in [5.41, 5.74) is 5.30. The Morgan fingerprint density at radius 2 is 2.05 bits per heavy atom. The zero-order chi connectivity index (χ0) is 15.4. The molecule has 4 nitrogen and oxygen atoms in total. The lowest BCUT2D eigenvalue weighted by Gasteiger charge is -2.52. The topological polar surface area (TPSA) is 64.3 Å². The number of hydrogen-bond acceptors (Lipinski definition) is 3. The Labute approximate surface area is 123 Å². The molecule has 4 heteroatoms. The quantitative estimate of drug-likeness (QED) is 0.673. The van der Waals surface area contributed by atoms with E-state index in [0.29, 0.717) is 6.42 Å². The van der Waals surface area contributed by atoms with Gasteiger partial charge >= 0.3 is 0 Å². The van der Waals surface area contributed by atoms with E-state index in [1.807, 2.05) is 13.8 Å². The molecule has 3 N–H and O–H groups in total. The van der Waals surface area contributed by atoms with Gasteiger partial charge in [-0.1, -0.05) is 40.5 Å². The minimum atomic E-state index is -0.765. The second kappa shape index (κ2) is 6.90. The van der Waals surface area contributed by atoms with Crippen LogP contribution in [-0.2, 0) is 9.53 Å². The molecule has 1 aliphatic carbocycles. The van der Waals surface area contributed by atoms with Crippen molar-refractivity contribution in [3.63, 3.8) is 0 Å². The van der Waals surface area contributed by atoms with Crippen LogP contribution in [0.1, 0.15) is 66.7 Å². The lowest BCUT2D eigenvalue weighted by atomic mass is 9.64. The molecule has 0 aromatic carbocycles. The number of rotatable bonds is 8. The van der Waals surface area contributed by atoms with Gasteiger partial charge in [0.2, 0.25) is 5.91 Å². The maximum atomic E-state index is 12.2. The maximum Gasteiger partial charge on any atom is 0.240 e. The summed E-state index contributed by atoms with van der Waals surface area (Å²) >= 11 is 0. The first kappa shape index (κ1) is 17.4. The number of hydrogen-bond donors (Lipinski definition) is 2. The molecular formula is C16H32N2O2. The highest BCUT2D eigenvalue weighted by atomic mass is 16.5. The Balaban J connectivity index is 2.45. The van der Waals surface area contributed by atoms with Crippen molar-refractivity contribution < 1.29 is 9.53 Å². The Bertz CT molecular complexity index is 326. The van der Waals surface area contributed by atoms with E-state index in [2.05, 4.69) is 26.1 Å². The molecule has 0 spiro atoms. The predicted molar refractivity (Wildman–Crippen MR) is 82.5 cm³/mol. The van der Waals surface area contributed by atoms with Gasteiger partial charge in [-0.15, -0.1) is 0 Å². The zero-order valence-corrected chi connectivity index (χ0v) is 13.8. The van der Waals surface area contributed by atoms with Crippen LogP contribution >= 0.6 is 0 Å².